The summed E-state index contributed by atoms with van der Waals surface area (Å²) in [7, 11) is 0. The number of rotatable bonds is 4. The molecule has 0 radical (unpaired) electrons. The minimum Gasteiger partial charge on any atom is -0.406 e. The van der Waals surface area contributed by atoms with Crippen LogP contribution in [0.3, 0.4) is 0 Å². The van der Waals surface area contributed by atoms with Gasteiger partial charge in [0, 0.05) is 5.56 Å². The van der Waals surface area contributed by atoms with Crippen molar-refractivity contribution in [2.24, 2.45) is 0 Å². The largest absolute Gasteiger partial charge is 0.573 e. The van der Waals surface area contributed by atoms with Crippen molar-refractivity contribution in [2.45, 2.75) is 6.36 Å². The summed E-state index contributed by atoms with van der Waals surface area (Å²) in [6, 6.07) is 9.65. The average Bonchev–Trinajstić information content (AvgIpc) is 3.02. The number of halogens is 4. The molecule has 0 unspecified atom stereocenters. The molecule has 0 atom stereocenters. The normalized spacial score (nSPS) is 11.2. The number of amides is 1. The van der Waals surface area contributed by atoms with E-state index < -0.39 is 23.8 Å². The van der Waals surface area contributed by atoms with Crippen LogP contribution in [0.5, 0.6) is 5.75 Å². The predicted molar refractivity (Wildman–Crippen MR) is 80.8 cm³/mol. The van der Waals surface area contributed by atoms with Crippen LogP contribution in [0.25, 0.3) is 11.5 Å². The summed E-state index contributed by atoms with van der Waals surface area (Å²) < 4.78 is 58.8. The fraction of sp³-hybridized carbons (Fsp3) is 0.0625. The quantitative estimate of drug-likeness (QED) is 0.705. The fourth-order valence-electron chi connectivity index (χ4n) is 1.99. The smallest absolute Gasteiger partial charge is 0.406 e. The minimum absolute atomic E-state index is 0.0326. The highest BCUT2D eigenvalue weighted by atomic mass is 19.4. The zero-order valence-electron chi connectivity index (χ0n) is 12.7. The van der Waals surface area contributed by atoms with E-state index in [4.69, 9.17) is 4.42 Å². The van der Waals surface area contributed by atoms with Crippen LogP contribution in [0, 0.1) is 5.82 Å². The Bertz CT molecular complexity index is 923. The number of benzene rings is 2. The minimum atomic E-state index is -4.82. The molecule has 0 bridgehead atoms. The molecule has 3 aromatic rings. The van der Waals surface area contributed by atoms with Crippen LogP contribution in [-0.2, 0) is 0 Å². The molecule has 0 aliphatic heterocycles. The number of hydrogen-bond donors (Lipinski definition) is 1. The monoisotopic (exact) mass is 367 g/mol. The molecule has 1 amide bonds. The van der Waals surface area contributed by atoms with Gasteiger partial charge in [0.15, 0.2) is 0 Å². The highest BCUT2D eigenvalue weighted by Crippen LogP contribution is 2.24. The Kier molecular flexibility index (Phi) is 4.57. The van der Waals surface area contributed by atoms with Crippen LogP contribution in [0.1, 0.15) is 10.4 Å². The zero-order chi connectivity index (χ0) is 18.7. The third kappa shape index (κ3) is 4.15. The number of nitrogens with zero attached hydrogens (tertiary/aromatic N) is 2. The second kappa shape index (κ2) is 6.82. The molecule has 2 aromatic carbocycles. The van der Waals surface area contributed by atoms with Crippen molar-refractivity contribution in [3.63, 3.8) is 0 Å². The predicted octanol–water partition coefficient (Wildman–Crippen LogP) is 4.03. The number of hydrogen-bond acceptors (Lipinski definition) is 5. The molecule has 1 N–H and O–H groups in total. The molecule has 10 heteroatoms. The highest BCUT2D eigenvalue weighted by molar-refractivity contribution is 6.03. The zero-order valence-corrected chi connectivity index (χ0v) is 12.7. The third-order valence-electron chi connectivity index (χ3n) is 3.10. The van der Waals surface area contributed by atoms with E-state index in [1.807, 2.05) is 0 Å². The van der Waals surface area contributed by atoms with Gasteiger partial charge < -0.3 is 9.15 Å². The first kappa shape index (κ1) is 17.4. The van der Waals surface area contributed by atoms with Crippen molar-refractivity contribution in [2.75, 3.05) is 5.32 Å². The third-order valence-corrected chi connectivity index (χ3v) is 3.10. The van der Waals surface area contributed by atoms with Gasteiger partial charge in [-0.25, -0.2) is 4.39 Å². The van der Waals surface area contributed by atoms with Crippen molar-refractivity contribution in [1.82, 2.24) is 10.2 Å². The van der Waals surface area contributed by atoms with Gasteiger partial charge in [0.05, 0.1) is 5.56 Å². The Morgan fingerprint density at radius 3 is 2.38 bits per heavy atom. The maximum atomic E-state index is 13.7. The van der Waals surface area contributed by atoms with Gasteiger partial charge in [0.1, 0.15) is 11.6 Å². The molecular weight excluding hydrogens is 358 g/mol. The van der Waals surface area contributed by atoms with Gasteiger partial charge in [-0.1, -0.05) is 17.2 Å². The molecule has 134 valence electrons. The molecule has 0 aliphatic carbocycles. The lowest BCUT2D eigenvalue weighted by molar-refractivity contribution is -0.274. The molecule has 1 heterocycles. The number of carbonyl (C=O) groups excluding carboxylic acids is 1. The van der Waals surface area contributed by atoms with E-state index in [9.17, 15) is 22.4 Å². The average molecular weight is 367 g/mol. The Hall–Kier alpha value is -3.43. The summed E-state index contributed by atoms with van der Waals surface area (Å²) >= 11 is 0. The van der Waals surface area contributed by atoms with Gasteiger partial charge in [-0.05, 0) is 36.4 Å². The standard InChI is InChI=1S/C16H9F4N3O3/c17-12-4-2-1-3-11(12)14-22-23-15(25-14)21-13(24)9-5-7-10(8-6-9)26-16(18,19)20/h1-8H,(H,21,23,24). The van der Waals surface area contributed by atoms with Gasteiger partial charge >= 0.3 is 12.4 Å². The number of carbonyl (C=O) groups is 1. The van der Waals surface area contributed by atoms with Crippen molar-refractivity contribution >= 4 is 11.9 Å². The summed E-state index contributed by atoms with van der Waals surface area (Å²) in [6.07, 6.45) is -4.82. The first-order valence-corrected chi connectivity index (χ1v) is 7.07. The number of aromatic nitrogens is 2. The lowest BCUT2D eigenvalue weighted by Gasteiger charge is -2.08. The molecule has 0 saturated heterocycles. The van der Waals surface area contributed by atoms with Crippen molar-refractivity contribution in [1.29, 1.82) is 0 Å². The SMILES string of the molecule is O=C(Nc1nnc(-c2ccccc2F)o1)c1ccc(OC(F)(F)F)cc1. The van der Waals surface area contributed by atoms with E-state index in [1.54, 1.807) is 6.07 Å². The van der Waals surface area contributed by atoms with E-state index in [0.717, 1.165) is 24.3 Å². The molecule has 3 rings (SSSR count). The van der Waals surface area contributed by atoms with Crippen LogP contribution in [0.4, 0.5) is 23.6 Å². The summed E-state index contributed by atoms with van der Waals surface area (Å²) in [6.45, 7) is 0. The van der Waals surface area contributed by atoms with Gasteiger partial charge in [-0.3, -0.25) is 10.1 Å². The lowest BCUT2D eigenvalue weighted by atomic mass is 10.2. The molecular formula is C16H9F4N3O3. The van der Waals surface area contributed by atoms with E-state index in [-0.39, 0.29) is 23.0 Å². The van der Waals surface area contributed by atoms with Gasteiger partial charge in [0.2, 0.25) is 0 Å². The molecule has 0 spiro atoms. The Labute approximate surface area is 143 Å². The molecule has 0 fully saturated rings. The summed E-state index contributed by atoms with van der Waals surface area (Å²) in [5.74, 6) is -1.87. The van der Waals surface area contributed by atoms with Gasteiger partial charge in [-0.15, -0.1) is 18.3 Å². The molecule has 0 saturated carbocycles. The van der Waals surface area contributed by atoms with Crippen LogP contribution in [-0.4, -0.2) is 22.5 Å². The van der Waals surface area contributed by atoms with E-state index in [1.165, 1.54) is 18.2 Å². The van der Waals surface area contributed by atoms with Crippen molar-refractivity contribution in [3.05, 3.63) is 59.9 Å². The van der Waals surface area contributed by atoms with Crippen molar-refractivity contribution < 1.29 is 31.5 Å². The first-order valence-electron chi connectivity index (χ1n) is 7.07. The lowest BCUT2D eigenvalue weighted by Crippen LogP contribution is -2.17. The second-order valence-corrected chi connectivity index (χ2v) is 4.92. The number of nitrogens with one attached hydrogen (secondary N) is 1. The Balaban J connectivity index is 1.70. The molecule has 26 heavy (non-hydrogen) atoms. The summed E-state index contributed by atoms with van der Waals surface area (Å²) in [5.41, 5.74) is 0.0966. The van der Waals surface area contributed by atoms with Gasteiger partial charge in [-0.2, -0.15) is 0 Å². The molecule has 6 nitrogen and oxygen atoms in total. The number of alkyl halides is 3. The highest BCUT2D eigenvalue weighted by Gasteiger charge is 2.31. The molecule has 0 aliphatic rings. The van der Waals surface area contributed by atoms with Crippen molar-refractivity contribution in [3.8, 4) is 17.2 Å². The van der Waals surface area contributed by atoms with Crippen LogP contribution >= 0.6 is 0 Å². The fourth-order valence-corrected chi connectivity index (χ4v) is 1.99. The summed E-state index contributed by atoms with van der Waals surface area (Å²) in [4.78, 5) is 12.0. The number of anilines is 1. The van der Waals surface area contributed by atoms with E-state index in [0.29, 0.717) is 0 Å². The topological polar surface area (TPSA) is 77.3 Å². The molecule has 1 aromatic heterocycles. The van der Waals surface area contributed by atoms with Crippen LogP contribution in [0.15, 0.2) is 52.9 Å². The maximum absolute atomic E-state index is 13.7. The summed E-state index contributed by atoms with van der Waals surface area (Å²) in [5, 5.41) is 9.48. The Morgan fingerprint density at radius 2 is 1.73 bits per heavy atom. The van der Waals surface area contributed by atoms with Crippen LogP contribution in [0.2, 0.25) is 0 Å². The Morgan fingerprint density at radius 1 is 1.04 bits per heavy atom. The van der Waals surface area contributed by atoms with E-state index in [2.05, 4.69) is 20.3 Å². The number of ether oxygens (including phenoxy) is 1. The second-order valence-electron chi connectivity index (χ2n) is 4.92. The first-order chi connectivity index (χ1) is 12.3. The van der Waals surface area contributed by atoms with Gasteiger partial charge in [0.25, 0.3) is 11.8 Å². The maximum Gasteiger partial charge on any atom is 0.573 e. The van der Waals surface area contributed by atoms with E-state index >= 15 is 0 Å². The van der Waals surface area contributed by atoms with Crippen LogP contribution < -0.4 is 10.1 Å².